The van der Waals surface area contributed by atoms with Crippen molar-refractivity contribution in [1.29, 1.82) is 0 Å². The molecule has 12 heteroatoms. The van der Waals surface area contributed by atoms with Crippen LogP contribution in [0.15, 0.2) is 24.7 Å². The van der Waals surface area contributed by atoms with E-state index < -0.39 is 24.3 Å². The fraction of sp³-hybridized carbons (Fsp3) is 0.458. The molecule has 190 valence electrons. The van der Waals surface area contributed by atoms with E-state index in [0.29, 0.717) is 30.3 Å². The predicted octanol–water partition coefficient (Wildman–Crippen LogP) is 3.93. The smallest absolute Gasteiger partial charge is 0.407 e. The minimum Gasteiger partial charge on any atom is -0.443 e. The van der Waals surface area contributed by atoms with Crippen molar-refractivity contribution < 1.29 is 13.9 Å². The van der Waals surface area contributed by atoms with Crippen LogP contribution in [0.25, 0.3) is 16.9 Å². The highest BCUT2D eigenvalue weighted by Crippen LogP contribution is 2.39. The topological polar surface area (TPSA) is 127 Å². The third-order valence-corrected chi connectivity index (χ3v) is 6.49. The Morgan fingerprint density at radius 1 is 1.31 bits per heavy atom. The molecule has 1 aliphatic rings. The molecule has 1 amide bonds. The quantitative estimate of drug-likeness (QED) is 0.370. The molecule has 4 heterocycles. The van der Waals surface area contributed by atoms with Gasteiger partial charge in [-0.1, -0.05) is 0 Å². The summed E-state index contributed by atoms with van der Waals surface area (Å²) in [7, 11) is 1.89. The number of rotatable bonds is 6. The van der Waals surface area contributed by atoms with Gasteiger partial charge in [0.2, 0.25) is 5.95 Å². The molecule has 36 heavy (non-hydrogen) atoms. The molecular weight excluding hydrogens is 465 g/mol. The minimum absolute atomic E-state index is 0.0737. The summed E-state index contributed by atoms with van der Waals surface area (Å²) < 4.78 is 24.1. The lowest BCUT2D eigenvalue weighted by Gasteiger charge is -2.18. The Balaban J connectivity index is 1.36. The number of nitrogens with one attached hydrogen (secondary N) is 3. The van der Waals surface area contributed by atoms with Gasteiger partial charge in [0.05, 0.1) is 23.1 Å². The normalized spacial score (nSPS) is 19.8. The van der Waals surface area contributed by atoms with E-state index in [-0.39, 0.29) is 6.04 Å². The van der Waals surface area contributed by atoms with Crippen LogP contribution in [0, 0.1) is 13.8 Å². The number of imidazole rings is 1. The van der Waals surface area contributed by atoms with E-state index in [4.69, 9.17) is 9.72 Å². The van der Waals surface area contributed by atoms with Crippen molar-refractivity contribution in [2.75, 3.05) is 5.32 Å². The van der Waals surface area contributed by atoms with Gasteiger partial charge in [0.25, 0.3) is 0 Å². The molecule has 0 unspecified atom stereocenters. The molecule has 0 saturated heterocycles. The highest BCUT2D eigenvalue weighted by molar-refractivity contribution is 5.80. The van der Waals surface area contributed by atoms with Gasteiger partial charge in [0.15, 0.2) is 11.5 Å². The van der Waals surface area contributed by atoms with E-state index >= 15 is 4.39 Å². The highest BCUT2D eigenvalue weighted by Gasteiger charge is 2.41. The lowest BCUT2D eigenvalue weighted by molar-refractivity contribution is 0.0555. The molecule has 5 rings (SSSR count). The largest absolute Gasteiger partial charge is 0.443 e. The van der Waals surface area contributed by atoms with E-state index in [9.17, 15) is 4.79 Å². The van der Waals surface area contributed by atoms with Crippen molar-refractivity contribution in [1.82, 2.24) is 39.7 Å². The molecule has 4 aromatic rings. The number of aryl methyl sites for hydroxylation is 3. The summed E-state index contributed by atoms with van der Waals surface area (Å²) in [6.45, 7) is 7.59. The van der Waals surface area contributed by atoms with Crippen molar-refractivity contribution in [2.45, 2.75) is 64.8 Å². The summed E-state index contributed by atoms with van der Waals surface area (Å²) in [5.41, 5.74) is 5.07. The molecule has 0 aliphatic heterocycles. The molecule has 0 spiro atoms. The van der Waals surface area contributed by atoms with Gasteiger partial charge in [0.1, 0.15) is 12.3 Å². The Morgan fingerprint density at radius 2 is 2.11 bits per heavy atom. The Hall–Kier alpha value is -3.96. The number of ether oxygens (including phenoxy) is 1. The molecule has 3 atom stereocenters. The lowest BCUT2D eigenvalue weighted by atomic mass is 10.0. The number of carbonyl (C=O) groups excluding carboxylic acids is 1. The van der Waals surface area contributed by atoms with Crippen molar-refractivity contribution in [3.63, 3.8) is 0 Å². The Kier molecular flexibility index (Phi) is 6.10. The van der Waals surface area contributed by atoms with Crippen LogP contribution in [0.5, 0.6) is 0 Å². The molecule has 1 fully saturated rings. The zero-order chi connectivity index (χ0) is 25.6. The van der Waals surface area contributed by atoms with Gasteiger partial charge in [0, 0.05) is 43.2 Å². The maximum atomic E-state index is 15.1. The van der Waals surface area contributed by atoms with E-state index in [1.54, 1.807) is 12.3 Å². The molecule has 3 N–H and O–H groups in total. The van der Waals surface area contributed by atoms with Gasteiger partial charge >= 0.3 is 6.09 Å². The molecular formula is C24H30FN9O2. The van der Waals surface area contributed by atoms with Crippen molar-refractivity contribution in [3.05, 3.63) is 41.6 Å². The third-order valence-electron chi connectivity index (χ3n) is 6.49. The number of halogens is 1. The standard InChI is InChI=1S/C24H30FN9O2/c1-12(2)28-24(35)36-17-7-6-15(20(17)25)16-10-18(32-31-16)30-23-29-14(4)19(22-26-8-9-34(22)23)21-13(3)11-27-33(21)5/h8-12,15,17,20H,6-7H2,1-5H3,(H,28,35)(H2,29,30,31,32)/t15-,17-,20+/m1/s1. The maximum absolute atomic E-state index is 15.1. The zero-order valence-corrected chi connectivity index (χ0v) is 20.9. The zero-order valence-electron chi connectivity index (χ0n) is 20.9. The van der Waals surface area contributed by atoms with Gasteiger partial charge in [-0.15, -0.1) is 0 Å². The second-order valence-corrected chi connectivity index (χ2v) is 9.52. The van der Waals surface area contributed by atoms with Gasteiger partial charge < -0.3 is 15.4 Å². The van der Waals surface area contributed by atoms with Crippen LogP contribution < -0.4 is 10.6 Å². The number of fused-ring (bicyclic) bond motifs is 1. The number of carbonyl (C=O) groups is 1. The number of aromatic nitrogens is 7. The molecule has 0 radical (unpaired) electrons. The minimum atomic E-state index is -1.32. The number of aromatic amines is 1. The first-order valence-electron chi connectivity index (χ1n) is 12.0. The van der Waals surface area contributed by atoms with Crippen molar-refractivity contribution in [3.8, 4) is 11.3 Å². The first kappa shape index (κ1) is 23.8. The number of amides is 1. The number of hydrogen-bond acceptors (Lipinski definition) is 7. The number of H-pyrrole nitrogens is 1. The van der Waals surface area contributed by atoms with E-state index in [1.165, 1.54) is 0 Å². The monoisotopic (exact) mass is 495 g/mol. The van der Waals surface area contributed by atoms with Gasteiger partial charge in [-0.2, -0.15) is 10.2 Å². The van der Waals surface area contributed by atoms with Crippen LogP contribution in [0.1, 0.15) is 49.6 Å². The second-order valence-electron chi connectivity index (χ2n) is 9.52. The summed E-state index contributed by atoms with van der Waals surface area (Å²) in [6.07, 6.45) is 3.65. The molecule has 0 bridgehead atoms. The van der Waals surface area contributed by atoms with E-state index in [2.05, 4.69) is 30.9 Å². The Morgan fingerprint density at radius 3 is 2.83 bits per heavy atom. The first-order valence-corrected chi connectivity index (χ1v) is 12.0. The average Bonchev–Trinajstić information content (AvgIpc) is 3.59. The predicted molar refractivity (Wildman–Crippen MR) is 132 cm³/mol. The SMILES string of the molecule is Cc1cnn(C)c1-c1c(C)nc(Nc2cc([C@H]3CC[C@@H](OC(=O)NC(C)C)[C@H]3F)[nH]n2)n2ccnc12. The molecule has 1 aliphatic carbocycles. The molecule has 11 nitrogen and oxygen atoms in total. The van der Waals surface area contributed by atoms with Gasteiger partial charge in [-0.05, 0) is 46.1 Å². The van der Waals surface area contributed by atoms with Crippen molar-refractivity contribution >= 4 is 23.5 Å². The Labute approximate surface area is 207 Å². The van der Waals surface area contributed by atoms with Crippen LogP contribution in [0.2, 0.25) is 0 Å². The van der Waals surface area contributed by atoms with Gasteiger partial charge in [-0.3, -0.25) is 14.2 Å². The number of nitrogens with zero attached hydrogens (tertiary/aromatic N) is 6. The van der Waals surface area contributed by atoms with Crippen LogP contribution in [0.4, 0.5) is 21.0 Å². The molecule has 1 saturated carbocycles. The molecule has 4 aromatic heterocycles. The highest BCUT2D eigenvalue weighted by atomic mass is 19.1. The summed E-state index contributed by atoms with van der Waals surface area (Å²) >= 11 is 0. The van der Waals surface area contributed by atoms with Crippen LogP contribution in [-0.4, -0.2) is 58.8 Å². The van der Waals surface area contributed by atoms with Crippen LogP contribution in [0.3, 0.4) is 0 Å². The van der Waals surface area contributed by atoms with Crippen LogP contribution >= 0.6 is 0 Å². The summed E-state index contributed by atoms with van der Waals surface area (Å²) in [5, 5.41) is 17.5. The Bertz CT molecular complexity index is 1390. The van der Waals surface area contributed by atoms with E-state index in [1.807, 2.05) is 56.2 Å². The van der Waals surface area contributed by atoms with E-state index in [0.717, 1.165) is 28.2 Å². The fourth-order valence-corrected chi connectivity index (χ4v) is 4.85. The summed E-state index contributed by atoms with van der Waals surface area (Å²) in [6, 6.07) is 1.70. The molecule has 0 aromatic carbocycles. The van der Waals surface area contributed by atoms with Gasteiger partial charge in [-0.25, -0.2) is 19.2 Å². The third kappa shape index (κ3) is 4.27. The second kappa shape index (κ2) is 9.25. The average molecular weight is 496 g/mol. The number of alkyl halides is 1. The summed E-state index contributed by atoms with van der Waals surface area (Å²) in [4.78, 5) is 21.2. The number of hydrogen-bond donors (Lipinski definition) is 3. The lowest BCUT2D eigenvalue weighted by Crippen LogP contribution is -2.36. The fourth-order valence-electron chi connectivity index (χ4n) is 4.85. The van der Waals surface area contributed by atoms with Crippen molar-refractivity contribution in [2.24, 2.45) is 7.05 Å². The first-order chi connectivity index (χ1) is 17.2. The number of anilines is 2. The number of alkyl carbamates (subject to hydrolysis) is 1. The van der Waals surface area contributed by atoms with Crippen LogP contribution in [-0.2, 0) is 11.8 Å². The summed E-state index contributed by atoms with van der Waals surface area (Å²) in [5.74, 6) is 0.602. The maximum Gasteiger partial charge on any atom is 0.407 e.